The van der Waals surface area contributed by atoms with Gasteiger partial charge in [-0.15, -0.1) is 0 Å². The second kappa shape index (κ2) is 2.87. The highest BCUT2D eigenvalue weighted by Gasteiger charge is 2.00. The number of fused-ring (bicyclic) bond motifs is 1. The minimum absolute atomic E-state index is 0.248. The first-order chi connectivity index (χ1) is 6.33. The van der Waals surface area contributed by atoms with E-state index in [0.29, 0.717) is 10.9 Å². The molecule has 1 aromatic heterocycles. The monoisotopic (exact) mass is 176 g/mol. The summed E-state index contributed by atoms with van der Waals surface area (Å²) in [4.78, 5) is 14.9. The summed E-state index contributed by atoms with van der Waals surface area (Å²) in [6, 6.07) is 7.11. The van der Waals surface area contributed by atoms with Crippen LogP contribution in [0.25, 0.3) is 10.9 Å². The van der Waals surface area contributed by atoms with Gasteiger partial charge in [0.25, 0.3) is 5.56 Å². The van der Waals surface area contributed by atoms with Gasteiger partial charge in [0, 0.05) is 0 Å². The minimum atomic E-state index is -0.248. The molecule has 0 unspecified atom stereocenters. The van der Waals surface area contributed by atoms with Crippen molar-refractivity contribution in [3.8, 4) is 0 Å². The maximum absolute atomic E-state index is 11.3. The van der Waals surface area contributed by atoms with E-state index in [0.717, 1.165) is 0 Å². The molecule has 1 aromatic carbocycles. The molecule has 0 radical (unpaired) electrons. The molecule has 2 aromatic rings. The lowest BCUT2D eigenvalue weighted by Gasteiger charge is -2.06. The zero-order valence-electron chi connectivity index (χ0n) is 6.77. The first kappa shape index (κ1) is 7.75. The Kier molecular flexibility index (Phi) is 1.71. The number of hydrazine groups is 1. The molecule has 0 fully saturated rings. The van der Waals surface area contributed by atoms with Gasteiger partial charge < -0.3 is 0 Å². The molecular weight excluding hydrogens is 168 g/mol. The lowest BCUT2D eigenvalue weighted by molar-refractivity contribution is 0.872. The molecule has 0 saturated heterocycles. The number of nitrogens with one attached hydrogen (secondary N) is 1. The van der Waals surface area contributed by atoms with E-state index in [1.54, 1.807) is 18.2 Å². The summed E-state index contributed by atoms with van der Waals surface area (Å²) in [6.07, 6.45) is 1.35. The van der Waals surface area contributed by atoms with Gasteiger partial charge in [-0.1, -0.05) is 12.1 Å². The van der Waals surface area contributed by atoms with E-state index in [9.17, 15) is 4.79 Å². The predicted molar refractivity (Wildman–Crippen MR) is 49.6 cm³/mol. The van der Waals surface area contributed by atoms with Gasteiger partial charge in [0.1, 0.15) is 6.33 Å². The number of rotatable bonds is 1. The largest absolute Gasteiger partial charge is 0.280 e. The molecule has 0 atom stereocenters. The number of para-hydroxylation sites is 1. The van der Waals surface area contributed by atoms with Gasteiger partial charge in [-0.25, -0.2) is 10.5 Å². The first-order valence-corrected chi connectivity index (χ1v) is 3.76. The molecule has 0 aliphatic carbocycles. The van der Waals surface area contributed by atoms with Gasteiger partial charge in [0.15, 0.2) is 0 Å². The Labute approximate surface area is 73.8 Å². The van der Waals surface area contributed by atoms with Crippen LogP contribution in [-0.2, 0) is 0 Å². The quantitative estimate of drug-likeness (QED) is 0.466. The first-order valence-electron chi connectivity index (χ1n) is 3.76. The number of aromatic nitrogens is 2. The zero-order valence-corrected chi connectivity index (χ0v) is 6.77. The number of nitrogens with zero attached hydrogens (tertiary/aromatic N) is 2. The Morgan fingerprint density at radius 3 is 2.92 bits per heavy atom. The second-order valence-electron chi connectivity index (χ2n) is 2.57. The number of nitrogens with two attached hydrogens (primary N) is 1. The summed E-state index contributed by atoms with van der Waals surface area (Å²) < 4.78 is 1.48. The Balaban J connectivity index is 2.93. The SMILES string of the molecule is NNn1cnc(=O)c2ccccc21. The standard InChI is InChI=1S/C8H8N4O/c9-11-12-5-10-8(13)6-3-1-2-4-7(6)12/h1-5,11H,9H2. The van der Waals surface area contributed by atoms with Crippen molar-refractivity contribution < 1.29 is 0 Å². The lowest BCUT2D eigenvalue weighted by atomic mass is 10.2. The molecule has 0 amide bonds. The van der Waals surface area contributed by atoms with Gasteiger partial charge in [-0.3, -0.25) is 10.3 Å². The molecule has 1 heterocycles. The van der Waals surface area contributed by atoms with Crippen molar-refractivity contribution in [2.45, 2.75) is 0 Å². The van der Waals surface area contributed by atoms with E-state index in [-0.39, 0.29) is 5.56 Å². The summed E-state index contributed by atoms with van der Waals surface area (Å²) in [5, 5.41) is 0.544. The fraction of sp³-hybridized carbons (Fsp3) is 0. The summed E-state index contributed by atoms with van der Waals surface area (Å²) in [6.45, 7) is 0. The number of hydrogen-bond acceptors (Lipinski definition) is 4. The van der Waals surface area contributed by atoms with E-state index in [2.05, 4.69) is 10.5 Å². The van der Waals surface area contributed by atoms with E-state index in [4.69, 9.17) is 5.84 Å². The molecule has 0 aliphatic rings. The smallest absolute Gasteiger partial charge is 0.267 e. The molecule has 3 N–H and O–H groups in total. The van der Waals surface area contributed by atoms with E-state index in [1.165, 1.54) is 11.0 Å². The van der Waals surface area contributed by atoms with Crippen LogP contribution in [0.5, 0.6) is 0 Å². The van der Waals surface area contributed by atoms with E-state index >= 15 is 0 Å². The topological polar surface area (TPSA) is 72.9 Å². The van der Waals surface area contributed by atoms with Crippen LogP contribution in [-0.4, -0.2) is 9.66 Å². The maximum Gasteiger partial charge on any atom is 0.280 e. The fourth-order valence-corrected chi connectivity index (χ4v) is 1.21. The van der Waals surface area contributed by atoms with Gasteiger partial charge in [-0.2, -0.15) is 4.98 Å². The Morgan fingerprint density at radius 1 is 1.38 bits per heavy atom. The molecule has 0 saturated carbocycles. The van der Waals surface area contributed by atoms with Crippen molar-refractivity contribution >= 4 is 10.9 Å². The third-order valence-electron chi connectivity index (χ3n) is 1.82. The summed E-state index contributed by atoms with van der Waals surface area (Å²) in [7, 11) is 0. The average molecular weight is 176 g/mol. The lowest BCUT2D eigenvalue weighted by Crippen LogP contribution is -2.25. The Hall–Kier alpha value is -1.88. The van der Waals surface area contributed by atoms with Crippen LogP contribution in [0.15, 0.2) is 35.4 Å². The van der Waals surface area contributed by atoms with Crippen molar-refractivity contribution in [1.82, 2.24) is 9.66 Å². The van der Waals surface area contributed by atoms with E-state index < -0.39 is 0 Å². The van der Waals surface area contributed by atoms with Gasteiger partial charge >= 0.3 is 0 Å². The highest BCUT2D eigenvalue weighted by atomic mass is 16.1. The average Bonchev–Trinajstić information content (AvgIpc) is 2.19. The highest BCUT2D eigenvalue weighted by Crippen LogP contribution is 2.05. The second-order valence-corrected chi connectivity index (χ2v) is 2.57. The van der Waals surface area contributed by atoms with Crippen molar-refractivity contribution in [2.24, 2.45) is 5.84 Å². The van der Waals surface area contributed by atoms with Crippen LogP contribution in [0.4, 0.5) is 0 Å². The molecule has 13 heavy (non-hydrogen) atoms. The number of nitrogen functional groups attached to an aromatic ring is 1. The molecule has 66 valence electrons. The van der Waals surface area contributed by atoms with Crippen LogP contribution in [0.1, 0.15) is 0 Å². The molecule has 5 nitrogen and oxygen atoms in total. The van der Waals surface area contributed by atoms with Crippen LogP contribution in [0.3, 0.4) is 0 Å². The van der Waals surface area contributed by atoms with Gasteiger partial charge in [0.2, 0.25) is 0 Å². The Morgan fingerprint density at radius 2 is 2.15 bits per heavy atom. The third kappa shape index (κ3) is 1.15. The summed E-state index contributed by atoms with van der Waals surface area (Å²) in [5.74, 6) is 5.24. The third-order valence-corrected chi connectivity index (χ3v) is 1.82. The molecule has 5 heteroatoms. The molecule has 2 rings (SSSR count). The predicted octanol–water partition coefficient (Wildman–Crippen LogP) is -0.186. The van der Waals surface area contributed by atoms with Crippen LogP contribution in [0, 0.1) is 0 Å². The Bertz CT molecular complexity index is 491. The van der Waals surface area contributed by atoms with Gasteiger partial charge in [0.05, 0.1) is 10.9 Å². The van der Waals surface area contributed by atoms with Crippen molar-refractivity contribution in [1.29, 1.82) is 0 Å². The summed E-state index contributed by atoms with van der Waals surface area (Å²) >= 11 is 0. The zero-order chi connectivity index (χ0) is 9.26. The summed E-state index contributed by atoms with van der Waals surface area (Å²) in [5.41, 5.74) is 2.88. The number of benzene rings is 1. The van der Waals surface area contributed by atoms with Crippen LogP contribution < -0.4 is 16.9 Å². The van der Waals surface area contributed by atoms with Crippen molar-refractivity contribution in [3.05, 3.63) is 40.9 Å². The molecule has 0 aliphatic heterocycles. The van der Waals surface area contributed by atoms with Crippen LogP contribution in [0.2, 0.25) is 0 Å². The fourth-order valence-electron chi connectivity index (χ4n) is 1.21. The number of hydrogen-bond donors (Lipinski definition) is 2. The van der Waals surface area contributed by atoms with Crippen molar-refractivity contribution in [2.75, 3.05) is 5.53 Å². The molecule has 0 spiro atoms. The van der Waals surface area contributed by atoms with Crippen LogP contribution >= 0.6 is 0 Å². The normalized spacial score (nSPS) is 10.2. The van der Waals surface area contributed by atoms with Gasteiger partial charge in [-0.05, 0) is 12.1 Å². The highest BCUT2D eigenvalue weighted by molar-refractivity contribution is 5.77. The van der Waals surface area contributed by atoms with E-state index in [1.807, 2.05) is 6.07 Å². The molecular formula is C8H8N4O. The minimum Gasteiger partial charge on any atom is -0.267 e. The molecule has 0 bridgehead atoms. The maximum atomic E-state index is 11.3. The van der Waals surface area contributed by atoms with Crippen molar-refractivity contribution in [3.63, 3.8) is 0 Å².